The van der Waals surface area contributed by atoms with E-state index in [1.54, 1.807) is 0 Å². The Labute approximate surface area is 102 Å². The number of hydrogen-bond donors (Lipinski definition) is 2. The summed E-state index contributed by atoms with van der Waals surface area (Å²) in [6.07, 6.45) is 0. The highest BCUT2D eigenvalue weighted by molar-refractivity contribution is 5.57. The molecule has 90 valence electrons. The quantitative estimate of drug-likeness (QED) is 0.791. The van der Waals surface area contributed by atoms with Gasteiger partial charge in [-0.05, 0) is 56.7 Å². The van der Waals surface area contributed by atoms with Gasteiger partial charge in [-0.3, -0.25) is 0 Å². The van der Waals surface area contributed by atoms with E-state index >= 15 is 0 Å². The number of nitrogens with one attached hydrogen (secondary N) is 1. The fraction of sp³-hybridized carbons (Fsp3) is 0.286. The molecule has 2 aromatic rings. The minimum Gasteiger partial charge on any atom is -0.464 e. The van der Waals surface area contributed by atoms with Crippen LogP contribution < -0.4 is 11.1 Å². The van der Waals surface area contributed by atoms with E-state index in [9.17, 15) is 0 Å². The van der Waals surface area contributed by atoms with E-state index in [0.29, 0.717) is 0 Å². The topological polar surface area (TPSA) is 51.2 Å². The van der Waals surface area contributed by atoms with Crippen molar-refractivity contribution in [2.24, 2.45) is 0 Å². The summed E-state index contributed by atoms with van der Waals surface area (Å²) in [4.78, 5) is 0. The first-order chi connectivity index (χ1) is 8.04. The molecule has 0 aliphatic rings. The van der Waals surface area contributed by atoms with Crippen molar-refractivity contribution in [2.75, 3.05) is 11.1 Å². The normalized spacial score (nSPS) is 12.4. The van der Waals surface area contributed by atoms with E-state index in [1.807, 2.05) is 38.1 Å². The molecule has 3 nitrogen and oxygen atoms in total. The average Bonchev–Trinajstić information content (AvgIpc) is 2.63. The summed E-state index contributed by atoms with van der Waals surface area (Å²) < 4.78 is 5.58. The SMILES string of the molecule is Cc1cc(N)cc(NC(C)c2ccc(C)o2)c1. The van der Waals surface area contributed by atoms with Crippen molar-refractivity contribution in [3.63, 3.8) is 0 Å². The number of aryl methyl sites for hydroxylation is 2. The average molecular weight is 230 g/mol. The summed E-state index contributed by atoms with van der Waals surface area (Å²) in [5.41, 5.74) is 8.75. The number of nitrogen functional groups attached to an aromatic ring is 1. The number of nitrogens with two attached hydrogens (primary N) is 1. The Hall–Kier alpha value is -1.90. The van der Waals surface area contributed by atoms with Crippen molar-refractivity contribution in [2.45, 2.75) is 26.8 Å². The molecule has 0 bridgehead atoms. The summed E-state index contributed by atoms with van der Waals surface area (Å²) in [6, 6.07) is 10.0. The Morgan fingerprint density at radius 1 is 1.18 bits per heavy atom. The van der Waals surface area contributed by atoms with Gasteiger partial charge in [0.1, 0.15) is 11.5 Å². The molecule has 1 aromatic heterocycles. The standard InChI is InChI=1S/C14H18N2O/c1-9-6-12(15)8-13(7-9)16-11(3)14-5-4-10(2)17-14/h4-8,11,16H,15H2,1-3H3. The monoisotopic (exact) mass is 230 g/mol. The Morgan fingerprint density at radius 2 is 1.94 bits per heavy atom. The molecule has 17 heavy (non-hydrogen) atoms. The molecule has 1 heterocycles. The fourth-order valence-electron chi connectivity index (χ4n) is 1.90. The molecule has 1 unspecified atom stereocenters. The van der Waals surface area contributed by atoms with Crippen LogP contribution >= 0.6 is 0 Å². The molecule has 0 saturated carbocycles. The summed E-state index contributed by atoms with van der Waals surface area (Å²) in [7, 11) is 0. The van der Waals surface area contributed by atoms with Crippen LogP contribution in [0.4, 0.5) is 11.4 Å². The zero-order valence-corrected chi connectivity index (χ0v) is 10.4. The summed E-state index contributed by atoms with van der Waals surface area (Å²) in [5, 5.41) is 3.38. The fourth-order valence-corrected chi connectivity index (χ4v) is 1.90. The zero-order chi connectivity index (χ0) is 12.4. The Balaban J connectivity index is 2.15. The van der Waals surface area contributed by atoms with Crippen LogP contribution in [0.15, 0.2) is 34.7 Å². The van der Waals surface area contributed by atoms with Crippen molar-refractivity contribution < 1.29 is 4.42 Å². The van der Waals surface area contributed by atoms with Crippen molar-refractivity contribution in [3.8, 4) is 0 Å². The van der Waals surface area contributed by atoms with Crippen molar-refractivity contribution >= 4 is 11.4 Å². The minimum absolute atomic E-state index is 0.130. The number of hydrogen-bond acceptors (Lipinski definition) is 3. The van der Waals surface area contributed by atoms with Gasteiger partial charge in [-0.1, -0.05) is 0 Å². The van der Waals surface area contributed by atoms with Gasteiger partial charge in [0.2, 0.25) is 0 Å². The maximum atomic E-state index is 5.81. The molecule has 3 N–H and O–H groups in total. The second-order valence-electron chi connectivity index (χ2n) is 4.45. The third-order valence-electron chi connectivity index (χ3n) is 2.67. The second kappa shape index (κ2) is 4.53. The first-order valence-electron chi connectivity index (χ1n) is 5.74. The van der Waals surface area contributed by atoms with Gasteiger partial charge in [-0.15, -0.1) is 0 Å². The van der Waals surface area contributed by atoms with Gasteiger partial charge in [0.15, 0.2) is 0 Å². The van der Waals surface area contributed by atoms with Gasteiger partial charge in [0, 0.05) is 11.4 Å². The first-order valence-corrected chi connectivity index (χ1v) is 5.74. The summed E-state index contributed by atoms with van der Waals surface area (Å²) in [5.74, 6) is 1.86. The molecule has 3 heteroatoms. The number of rotatable bonds is 3. The Bertz CT molecular complexity index is 496. The largest absolute Gasteiger partial charge is 0.464 e. The Morgan fingerprint density at radius 3 is 2.53 bits per heavy atom. The number of furan rings is 1. The van der Waals surface area contributed by atoms with Crippen LogP contribution in [-0.4, -0.2) is 0 Å². The smallest absolute Gasteiger partial charge is 0.126 e. The molecule has 0 aliphatic carbocycles. The first kappa shape index (κ1) is 11.6. The summed E-state index contributed by atoms with van der Waals surface area (Å²) in [6.45, 7) is 6.04. The molecule has 0 fully saturated rings. The zero-order valence-electron chi connectivity index (χ0n) is 10.4. The van der Waals surface area contributed by atoms with Gasteiger partial charge >= 0.3 is 0 Å². The van der Waals surface area contributed by atoms with Gasteiger partial charge in [0.05, 0.1) is 6.04 Å². The van der Waals surface area contributed by atoms with Crippen LogP contribution in [-0.2, 0) is 0 Å². The van der Waals surface area contributed by atoms with E-state index < -0.39 is 0 Å². The molecule has 0 spiro atoms. The lowest BCUT2D eigenvalue weighted by atomic mass is 10.1. The van der Waals surface area contributed by atoms with Gasteiger partial charge in [-0.25, -0.2) is 0 Å². The van der Waals surface area contributed by atoms with E-state index in [2.05, 4.69) is 18.3 Å². The van der Waals surface area contributed by atoms with E-state index in [4.69, 9.17) is 10.2 Å². The van der Waals surface area contributed by atoms with Crippen LogP contribution in [0.3, 0.4) is 0 Å². The number of anilines is 2. The molecule has 0 amide bonds. The van der Waals surface area contributed by atoms with E-state index in [0.717, 1.165) is 28.5 Å². The maximum Gasteiger partial charge on any atom is 0.126 e. The minimum atomic E-state index is 0.130. The van der Waals surface area contributed by atoms with Crippen LogP contribution in [0, 0.1) is 13.8 Å². The predicted molar refractivity (Wildman–Crippen MR) is 71.1 cm³/mol. The molecular weight excluding hydrogens is 212 g/mol. The molecule has 0 saturated heterocycles. The highest BCUT2D eigenvalue weighted by Gasteiger charge is 2.09. The molecule has 0 aliphatic heterocycles. The highest BCUT2D eigenvalue weighted by atomic mass is 16.3. The van der Waals surface area contributed by atoms with Crippen molar-refractivity contribution in [1.29, 1.82) is 0 Å². The maximum absolute atomic E-state index is 5.81. The van der Waals surface area contributed by atoms with Crippen LogP contribution in [0.1, 0.15) is 30.0 Å². The van der Waals surface area contributed by atoms with Gasteiger partial charge in [0.25, 0.3) is 0 Å². The van der Waals surface area contributed by atoms with E-state index in [-0.39, 0.29) is 6.04 Å². The van der Waals surface area contributed by atoms with Crippen molar-refractivity contribution in [3.05, 3.63) is 47.4 Å². The van der Waals surface area contributed by atoms with E-state index in [1.165, 1.54) is 0 Å². The summed E-state index contributed by atoms with van der Waals surface area (Å²) >= 11 is 0. The van der Waals surface area contributed by atoms with Gasteiger partial charge < -0.3 is 15.5 Å². The third kappa shape index (κ3) is 2.81. The number of benzene rings is 1. The predicted octanol–water partition coefficient (Wildman–Crippen LogP) is 3.65. The molecule has 1 atom stereocenters. The second-order valence-corrected chi connectivity index (χ2v) is 4.45. The Kier molecular flexibility index (Phi) is 3.09. The molecule has 1 aromatic carbocycles. The van der Waals surface area contributed by atoms with Crippen LogP contribution in [0.5, 0.6) is 0 Å². The lowest BCUT2D eigenvalue weighted by Crippen LogP contribution is -2.06. The third-order valence-corrected chi connectivity index (χ3v) is 2.67. The highest BCUT2D eigenvalue weighted by Crippen LogP contribution is 2.23. The van der Waals surface area contributed by atoms with Crippen LogP contribution in [0.2, 0.25) is 0 Å². The van der Waals surface area contributed by atoms with Crippen molar-refractivity contribution in [1.82, 2.24) is 0 Å². The van der Waals surface area contributed by atoms with Gasteiger partial charge in [-0.2, -0.15) is 0 Å². The molecular formula is C14H18N2O. The van der Waals surface area contributed by atoms with Crippen LogP contribution in [0.25, 0.3) is 0 Å². The molecule has 0 radical (unpaired) electrons. The molecule has 2 rings (SSSR count). The lowest BCUT2D eigenvalue weighted by Gasteiger charge is -2.14. The lowest BCUT2D eigenvalue weighted by molar-refractivity contribution is 0.467.